The van der Waals surface area contributed by atoms with Gasteiger partial charge in [0.05, 0.1) is 11.5 Å². The van der Waals surface area contributed by atoms with Crippen molar-refractivity contribution in [3.63, 3.8) is 0 Å². The van der Waals surface area contributed by atoms with Gasteiger partial charge in [0.25, 0.3) is 0 Å². The number of nitrogens with zero attached hydrogens (tertiary/aromatic N) is 1. The second kappa shape index (κ2) is 9.48. The van der Waals surface area contributed by atoms with Crippen LogP contribution in [-0.2, 0) is 9.59 Å². The topological polar surface area (TPSA) is 74.7 Å². The van der Waals surface area contributed by atoms with Crippen molar-refractivity contribution in [3.05, 3.63) is 34.9 Å². The molecule has 0 radical (unpaired) electrons. The number of halogens is 1. The molecule has 0 bridgehead atoms. The lowest BCUT2D eigenvalue weighted by Gasteiger charge is -2.19. The maximum atomic E-state index is 11.9. The number of rotatable bonds is 9. The second-order valence-electron chi connectivity index (χ2n) is 4.63. The molecule has 0 saturated carbocycles. The maximum Gasteiger partial charge on any atom is 0.323 e. The first-order valence-corrected chi connectivity index (χ1v) is 8.33. The van der Waals surface area contributed by atoms with Crippen LogP contribution in [-0.4, -0.2) is 52.3 Å². The highest BCUT2D eigenvalue weighted by Crippen LogP contribution is 2.13. The molecule has 120 valence electrons. The van der Waals surface area contributed by atoms with Crippen LogP contribution in [0.4, 0.5) is 0 Å². The van der Waals surface area contributed by atoms with Crippen LogP contribution in [0.25, 0.3) is 0 Å². The number of carbonyl (C=O) groups is 3. The van der Waals surface area contributed by atoms with Crippen LogP contribution in [0.3, 0.4) is 0 Å². The first-order valence-electron chi connectivity index (χ1n) is 6.80. The summed E-state index contributed by atoms with van der Waals surface area (Å²) in [6.07, 6.45) is 0.688. The fraction of sp³-hybridized carbons (Fsp3) is 0.400. The fourth-order valence-electron chi connectivity index (χ4n) is 1.77. The Bertz CT molecular complexity index is 533. The number of carboxylic acids is 1. The van der Waals surface area contributed by atoms with Gasteiger partial charge < -0.3 is 10.0 Å². The molecule has 1 aromatic carbocycles. The molecule has 0 spiro atoms. The molecule has 0 saturated heterocycles. The summed E-state index contributed by atoms with van der Waals surface area (Å²) < 4.78 is 0. The minimum atomic E-state index is -1.04. The standard InChI is InChI=1S/C15H18ClNO4S/c1-2-7-17(8-15(20)21)14(19)10-22-9-13(18)11-3-5-12(16)6-4-11/h3-6H,2,7-10H2,1H3,(H,20,21). The van der Waals surface area contributed by atoms with Crippen LogP contribution < -0.4 is 0 Å². The summed E-state index contributed by atoms with van der Waals surface area (Å²) in [7, 11) is 0. The molecule has 1 amide bonds. The van der Waals surface area contributed by atoms with Crippen molar-refractivity contribution in [2.75, 3.05) is 24.6 Å². The third-order valence-electron chi connectivity index (χ3n) is 2.80. The average molecular weight is 344 g/mol. The van der Waals surface area contributed by atoms with Crippen LogP contribution >= 0.6 is 23.4 Å². The Morgan fingerprint density at radius 1 is 1.18 bits per heavy atom. The molecule has 1 rings (SSSR count). The number of thioether (sulfide) groups is 1. The molecule has 22 heavy (non-hydrogen) atoms. The Balaban J connectivity index is 2.44. The summed E-state index contributed by atoms with van der Waals surface area (Å²) in [6, 6.07) is 6.56. The molecule has 0 atom stereocenters. The number of aliphatic carboxylic acids is 1. The van der Waals surface area contributed by atoms with Gasteiger partial charge in [-0.15, -0.1) is 11.8 Å². The maximum absolute atomic E-state index is 11.9. The number of carboxylic acid groups (broad SMARTS) is 1. The predicted octanol–water partition coefficient (Wildman–Crippen LogP) is 2.58. The van der Waals surface area contributed by atoms with Crippen molar-refractivity contribution in [1.82, 2.24) is 4.90 Å². The van der Waals surface area contributed by atoms with Crippen molar-refractivity contribution in [3.8, 4) is 0 Å². The lowest BCUT2D eigenvalue weighted by Crippen LogP contribution is -2.37. The Hall–Kier alpha value is -1.53. The van der Waals surface area contributed by atoms with Gasteiger partial charge in [-0.3, -0.25) is 14.4 Å². The van der Waals surface area contributed by atoms with Gasteiger partial charge >= 0.3 is 5.97 Å². The number of Topliss-reactive ketones (excluding diaryl/α,β-unsaturated/α-hetero) is 1. The Morgan fingerprint density at radius 2 is 1.82 bits per heavy atom. The third-order valence-corrected chi connectivity index (χ3v) is 3.97. The normalized spacial score (nSPS) is 10.3. The van der Waals surface area contributed by atoms with E-state index in [-0.39, 0.29) is 29.7 Å². The number of carbonyl (C=O) groups excluding carboxylic acids is 2. The van der Waals surface area contributed by atoms with Crippen molar-refractivity contribution < 1.29 is 19.5 Å². The lowest BCUT2D eigenvalue weighted by atomic mass is 10.1. The van der Waals surface area contributed by atoms with Gasteiger partial charge in [0, 0.05) is 17.1 Å². The van der Waals surface area contributed by atoms with Crippen LogP contribution in [0.5, 0.6) is 0 Å². The SMILES string of the molecule is CCCN(CC(=O)O)C(=O)CSCC(=O)c1ccc(Cl)cc1. The number of amides is 1. The molecular formula is C15H18ClNO4S. The molecule has 5 nitrogen and oxygen atoms in total. The monoisotopic (exact) mass is 343 g/mol. The summed E-state index contributed by atoms with van der Waals surface area (Å²) in [4.78, 5) is 35.9. The van der Waals surface area contributed by atoms with Gasteiger partial charge in [-0.25, -0.2) is 0 Å². The zero-order valence-electron chi connectivity index (χ0n) is 12.3. The van der Waals surface area contributed by atoms with Crippen molar-refractivity contribution in [1.29, 1.82) is 0 Å². The highest BCUT2D eigenvalue weighted by atomic mass is 35.5. The molecule has 0 aromatic heterocycles. The molecule has 0 aliphatic rings. The minimum absolute atomic E-state index is 0.0882. The van der Waals surface area contributed by atoms with Crippen molar-refractivity contribution >= 4 is 41.0 Å². The van der Waals surface area contributed by atoms with Gasteiger partial charge in [0.15, 0.2) is 5.78 Å². The Labute approximate surface area is 138 Å². The third kappa shape index (κ3) is 6.49. The van der Waals surface area contributed by atoms with E-state index in [1.807, 2.05) is 6.92 Å². The van der Waals surface area contributed by atoms with E-state index in [1.165, 1.54) is 16.7 Å². The summed E-state index contributed by atoms with van der Waals surface area (Å²) in [5, 5.41) is 9.34. The molecule has 0 heterocycles. The minimum Gasteiger partial charge on any atom is -0.480 e. The number of benzene rings is 1. The largest absolute Gasteiger partial charge is 0.480 e. The fourth-order valence-corrected chi connectivity index (χ4v) is 2.70. The molecule has 0 unspecified atom stereocenters. The first kappa shape index (κ1) is 18.5. The number of hydrogen-bond donors (Lipinski definition) is 1. The summed E-state index contributed by atoms with van der Waals surface area (Å²) in [5.41, 5.74) is 0.542. The van der Waals surface area contributed by atoms with E-state index in [1.54, 1.807) is 24.3 Å². The predicted molar refractivity (Wildman–Crippen MR) is 87.6 cm³/mol. The van der Waals surface area contributed by atoms with E-state index in [4.69, 9.17) is 16.7 Å². The molecule has 1 aromatic rings. The lowest BCUT2D eigenvalue weighted by molar-refractivity contribution is -0.143. The van der Waals surface area contributed by atoms with Crippen LogP contribution in [0, 0.1) is 0 Å². The smallest absolute Gasteiger partial charge is 0.323 e. The summed E-state index contributed by atoms with van der Waals surface area (Å²) in [6.45, 7) is 1.97. The highest BCUT2D eigenvalue weighted by molar-refractivity contribution is 8.00. The molecule has 0 aliphatic heterocycles. The Kier molecular flexibility index (Phi) is 7.98. The molecular weight excluding hydrogens is 326 g/mol. The first-order chi connectivity index (χ1) is 10.4. The average Bonchev–Trinajstić information content (AvgIpc) is 2.46. The van der Waals surface area contributed by atoms with Gasteiger partial charge in [-0.05, 0) is 30.7 Å². The van der Waals surface area contributed by atoms with E-state index >= 15 is 0 Å². The van der Waals surface area contributed by atoms with E-state index < -0.39 is 5.97 Å². The second-order valence-corrected chi connectivity index (χ2v) is 6.05. The van der Waals surface area contributed by atoms with Crippen LogP contribution in [0.15, 0.2) is 24.3 Å². The van der Waals surface area contributed by atoms with E-state index in [0.717, 1.165) is 0 Å². The van der Waals surface area contributed by atoms with E-state index in [9.17, 15) is 14.4 Å². The number of ketones is 1. The van der Waals surface area contributed by atoms with Crippen molar-refractivity contribution in [2.45, 2.75) is 13.3 Å². The van der Waals surface area contributed by atoms with E-state index in [0.29, 0.717) is 23.6 Å². The molecule has 1 N–H and O–H groups in total. The van der Waals surface area contributed by atoms with Crippen LogP contribution in [0.1, 0.15) is 23.7 Å². The summed E-state index contributed by atoms with van der Waals surface area (Å²) in [5.74, 6) is -1.13. The van der Waals surface area contributed by atoms with Crippen molar-refractivity contribution in [2.24, 2.45) is 0 Å². The quantitative estimate of drug-likeness (QED) is 0.697. The van der Waals surface area contributed by atoms with Gasteiger partial charge in [0.2, 0.25) is 5.91 Å². The van der Waals surface area contributed by atoms with Gasteiger partial charge in [-0.1, -0.05) is 18.5 Å². The van der Waals surface area contributed by atoms with Gasteiger partial charge in [0.1, 0.15) is 6.54 Å². The molecule has 7 heteroatoms. The highest BCUT2D eigenvalue weighted by Gasteiger charge is 2.16. The van der Waals surface area contributed by atoms with Crippen LogP contribution in [0.2, 0.25) is 5.02 Å². The molecule has 0 fully saturated rings. The molecule has 0 aliphatic carbocycles. The van der Waals surface area contributed by atoms with Gasteiger partial charge in [-0.2, -0.15) is 0 Å². The van der Waals surface area contributed by atoms with E-state index in [2.05, 4.69) is 0 Å². The zero-order valence-corrected chi connectivity index (χ0v) is 13.8. The number of hydrogen-bond acceptors (Lipinski definition) is 4. The zero-order chi connectivity index (χ0) is 16.5. The summed E-state index contributed by atoms with van der Waals surface area (Å²) >= 11 is 6.94. The Morgan fingerprint density at radius 3 is 2.36 bits per heavy atom.